The summed E-state index contributed by atoms with van der Waals surface area (Å²) in [5.74, 6) is -0.785. The lowest BCUT2D eigenvalue weighted by molar-refractivity contribution is -0.141. The fourth-order valence-corrected chi connectivity index (χ4v) is 4.53. The lowest BCUT2D eigenvalue weighted by Gasteiger charge is -2.33. The number of hydrogen-bond donors (Lipinski definition) is 1. The van der Waals surface area contributed by atoms with E-state index in [-0.39, 0.29) is 25.5 Å². The third kappa shape index (κ3) is 7.50. The zero-order chi connectivity index (χ0) is 25.3. The minimum Gasteiger partial charge on any atom is -0.354 e. The van der Waals surface area contributed by atoms with E-state index in [0.717, 1.165) is 21.7 Å². The molecule has 0 saturated carbocycles. The molecule has 0 aliphatic rings. The zero-order valence-electron chi connectivity index (χ0n) is 20.0. The topological polar surface area (TPSA) is 86.8 Å². The van der Waals surface area contributed by atoms with Crippen LogP contribution in [0, 0.1) is 0 Å². The van der Waals surface area contributed by atoms with Crippen molar-refractivity contribution >= 4 is 21.8 Å². The summed E-state index contributed by atoms with van der Waals surface area (Å²) in [6.07, 6.45) is 1.09. The number of nitrogens with zero attached hydrogens (tertiary/aromatic N) is 2. The van der Waals surface area contributed by atoms with E-state index in [1.165, 1.54) is 4.90 Å². The van der Waals surface area contributed by atoms with E-state index >= 15 is 0 Å². The first-order valence-electron chi connectivity index (χ1n) is 11.4. The third-order valence-electron chi connectivity index (χ3n) is 5.52. The number of likely N-dealkylation sites (N-methyl/N-ethyl adjacent to an activating group) is 1. The highest BCUT2D eigenvalue weighted by Gasteiger charge is 2.33. The number of carbonyl (C=O) groups excluding carboxylic acids is 2. The van der Waals surface area contributed by atoms with Gasteiger partial charge < -0.3 is 10.2 Å². The van der Waals surface area contributed by atoms with Crippen LogP contribution in [-0.4, -0.2) is 48.8 Å². The Balaban J connectivity index is 1.99. The van der Waals surface area contributed by atoms with Crippen LogP contribution in [-0.2, 0) is 32.7 Å². The van der Waals surface area contributed by atoms with Crippen molar-refractivity contribution in [2.75, 3.05) is 19.3 Å². The molecule has 0 heterocycles. The fraction of sp³-hybridized carbons (Fsp3) is 0.259. The van der Waals surface area contributed by atoms with Gasteiger partial charge in [0.2, 0.25) is 21.8 Å². The van der Waals surface area contributed by atoms with Gasteiger partial charge in [-0.05, 0) is 23.6 Å². The van der Waals surface area contributed by atoms with Crippen LogP contribution < -0.4 is 5.32 Å². The van der Waals surface area contributed by atoms with E-state index in [2.05, 4.69) is 5.32 Å². The number of benzene rings is 3. The highest BCUT2D eigenvalue weighted by atomic mass is 32.2. The average molecular weight is 494 g/mol. The highest BCUT2D eigenvalue weighted by molar-refractivity contribution is 7.88. The van der Waals surface area contributed by atoms with Gasteiger partial charge in [-0.1, -0.05) is 91.0 Å². The van der Waals surface area contributed by atoms with Crippen molar-refractivity contribution in [3.63, 3.8) is 0 Å². The molecule has 1 atom stereocenters. The summed E-state index contributed by atoms with van der Waals surface area (Å²) in [7, 11) is -3.70. The van der Waals surface area contributed by atoms with Gasteiger partial charge in [0.15, 0.2) is 0 Å². The lowest BCUT2D eigenvalue weighted by Crippen LogP contribution is -2.47. The molecule has 2 amide bonds. The Morgan fingerprint density at radius 2 is 1.29 bits per heavy atom. The van der Waals surface area contributed by atoms with Crippen molar-refractivity contribution in [2.45, 2.75) is 26.1 Å². The van der Waals surface area contributed by atoms with Crippen molar-refractivity contribution < 1.29 is 18.0 Å². The largest absolute Gasteiger partial charge is 0.354 e. The number of carbonyl (C=O) groups is 2. The predicted molar refractivity (Wildman–Crippen MR) is 137 cm³/mol. The van der Waals surface area contributed by atoms with Crippen molar-refractivity contribution in [1.29, 1.82) is 0 Å². The average Bonchev–Trinajstić information content (AvgIpc) is 2.85. The van der Waals surface area contributed by atoms with Crippen LogP contribution >= 0.6 is 0 Å². The Bertz CT molecular complexity index is 1200. The lowest BCUT2D eigenvalue weighted by atomic mass is 10.0. The fourth-order valence-electron chi connectivity index (χ4n) is 3.80. The summed E-state index contributed by atoms with van der Waals surface area (Å²) in [4.78, 5) is 28.4. The maximum absolute atomic E-state index is 13.8. The van der Waals surface area contributed by atoms with Gasteiger partial charge in [-0.3, -0.25) is 9.59 Å². The molecule has 3 rings (SSSR count). The van der Waals surface area contributed by atoms with Crippen LogP contribution in [0.15, 0.2) is 91.0 Å². The molecular formula is C27H31N3O4S. The second kappa shape index (κ2) is 12.3. The minimum absolute atomic E-state index is 0.0573. The maximum Gasteiger partial charge on any atom is 0.247 e. The molecule has 1 unspecified atom stereocenters. The van der Waals surface area contributed by atoms with Crippen LogP contribution in [0.5, 0.6) is 0 Å². The Hall–Kier alpha value is -3.49. The van der Waals surface area contributed by atoms with E-state index in [1.807, 2.05) is 85.8 Å². The van der Waals surface area contributed by atoms with Crippen LogP contribution in [0.3, 0.4) is 0 Å². The van der Waals surface area contributed by atoms with E-state index < -0.39 is 22.0 Å². The normalized spacial score (nSPS) is 12.2. The van der Waals surface area contributed by atoms with Gasteiger partial charge >= 0.3 is 0 Å². The molecule has 0 fully saturated rings. The van der Waals surface area contributed by atoms with Gasteiger partial charge in [-0.25, -0.2) is 8.42 Å². The molecular weight excluding hydrogens is 462 g/mol. The number of sulfonamides is 1. The van der Waals surface area contributed by atoms with Crippen LogP contribution in [0.25, 0.3) is 0 Å². The molecule has 0 radical (unpaired) electrons. The van der Waals surface area contributed by atoms with Gasteiger partial charge in [0.05, 0.1) is 12.8 Å². The Morgan fingerprint density at radius 3 is 1.77 bits per heavy atom. The molecule has 3 aromatic rings. The Kier molecular flexibility index (Phi) is 9.17. The number of hydrogen-bond acceptors (Lipinski definition) is 4. The first-order chi connectivity index (χ1) is 16.8. The van der Waals surface area contributed by atoms with E-state index in [1.54, 1.807) is 12.1 Å². The van der Waals surface area contributed by atoms with Crippen molar-refractivity contribution in [3.05, 3.63) is 108 Å². The molecule has 184 valence electrons. The molecule has 7 nitrogen and oxygen atoms in total. The van der Waals surface area contributed by atoms with E-state index in [0.29, 0.717) is 12.1 Å². The molecule has 0 aromatic heterocycles. The first kappa shape index (κ1) is 26.1. The second-order valence-corrected chi connectivity index (χ2v) is 10.2. The van der Waals surface area contributed by atoms with Crippen molar-refractivity contribution in [2.24, 2.45) is 0 Å². The molecule has 0 bridgehead atoms. The number of amides is 2. The summed E-state index contributed by atoms with van der Waals surface area (Å²) in [5.41, 5.74) is 2.25. The molecule has 8 heteroatoms. The SMILES string of the molecule is CCNC(=O)C(c1ccccc1)N(Cc1ccccc1)C(=O)CN(Cc1ccccc1)S(C)(=O)=O. The highest BCUT2D eigenvalue weighted by Crippen LogP contribution is 2.24. The first-order valence-corrected chi connectivity index (χ1v) is 13.3. The quantitative estimate of drug-likeness (QED) is 0.444. The van der Waals surface area contributed by atoms with Crippen molar-refractivity contribution in [3.8, 4) is 0 Å². The molecule has 0 aliphatic heterocycles. The number of nitrogens with one attached hydrogen (secondary N) is 1. The second-order valence-electron chi connectivity index (χ2n) is 8.23. The monoisotopic (exact) mass is 493 g/mol. The summed E-state index contributed by atoms with van der Waals surface area (Å²) < 4.78 is 26.3. The van der Waals surface area contributed by atoms with Gasteiger partial charge in [0, 0.05) is 19.6 Å². The van der Waals surface area contributed by atoms with Crippen LogP contribution in [0.1, 0.15) is 29.7 Å². The molecule has 35 heavy (non-hydrogen) atoms. The third-order valence-corrected chi connectivity index (χ3v) is 6.72. The Morgan fingerprint density at radius 1 is 0.800 bits per heavy atom. The summed E-state index contributed by atoms with van der Waals surface area (Å²) in [5, 5.41) is 2.82. The van der Waals surface area contributed by atoms with Crippen LogP contribution in [0.2, 0.25) is 0 Å². The summed E-state index contributed by atoms with van der Waals surface area (Å²) in [6.45, 7) is 2.04. The Labute approximate surface area is 207 Å². The number of rotatable bonds is 11. The predicted octanol–water partition coefficient (Wildman–Crippen LogP) is 3.35. The molecule has 3 aromatic carbocycles. The zero-order valence-corrected chi connectivity index (χ0v) is 20.8. The van der Waals surface area contributed by atoms with Gasteiger partial charge in [-0.2, -0.15) is 4.31 Å². The maximum atomic E-state index is 13.8. The van der Waals surface area contributed by atoms with Gasteiger partial charge in [0.1, 0.15) is 6.04 Å². The summed E-state index contributed by atoms with van der Waals surface area (Å²) >= 11 is 0. The molecule has 0 saturated heterocycles. The molecule has 1 N–H and O–H groups in total. The van der Waals surface area contributed by atoms with E-state index in [9.17, 15) is 18.0 Å². The van der Waals surface area contributed by atoms with Gasteiger partial charge in [0.25, 0.3) is 0 Å². The van der Waals surface area contributed by atoms with E-state index in [4.69, 9.17) is 0 Å². The smallest absolute Gasteiger partial charge is 0.247 e. The van der Waals surface area contributed by atoms with Crippen molar-refractivity contribution in [1.82, 2.24) is 14.5 Å². The summed E-state index contributed by atoms with van der Waals surface area (Å²) in [6, 6.07) is 26.6. The standard InChI is InChI=1S/C27H31N3O4S/c1-3-28-27(32)26(24-17-11-6-12-18-24)30(20-23-15-9-5-10-16-23)25(31)21-29(35(2,33)34)19-22-13-7-4-8-14-22/h4-18,26H,3,19-21H2,1-2H3,(H,28,32). The minimum atomic E-state index is -3.70. The molecule has 0 spiro atoms. The molecule has 0 aliphatic carbocycles. The van der Waals surface area contributed by atoms with Gasteiger partial charge in [-0.15, -0.1) is 0 Å². The van der Waals surface area contributed by atoms with Crippen LogP contribution in [0.4, 0.5) is 0 Å².